The number of rotatable bonds is 5. The molecule has 1 fully saturated rings. The monoisotopic (exact) mass is 358 g/mol. The summed E-state index contributed by atoms with van der Waals surface area (Å²) in [6, 6.07) is 8.46. The number of nitro benzene ring substituents is 1. The maximum atomic E-state index is 11.7. The van der Waals surface area contributed by atoms with Gasteiger partial charge in [0.05, 0.1) is 23.6 Å². The van der Waals surface area contributed by atoms with Crippen LogP contribution in [-0.4, -0.2) is 60.1 Å². The molecule has 8 nitrogen and oxygen atoms in total. The van der Waals surface area contributed by atoms with E-state index in [1.807, 2.05) is 19.1 Å². The van der Waals surface area contributed by atoms with E-state index in [1.165, 1.54) is 12.1 Å². The maximum absolute atomic E-state index is 11.7. The van der Waals surface area contributed by atoms with Gasteiger partial charge in [-0.25, -0.2) is 4.98 Å². The van der Waals surface area contributed by atoms with Crippen LogP contribution >= 0.6 is 0 Å². The third-order valence-electron chi connectivity index (χ3n) is 4.44. The molecule has 0 saturated carbocycles. The number of nitro groups is 1. The second kappa shape index (κ2) is 8.09. The molecule has 0 N–H and O–H groups in total. The Morgan fingerprint density at radius 2 is 2.08 bits per heavy atom. The Bertz CT molecular complexity index is 811. The first kappa shape index (κ1) is 18.1. The fourth-order valence-electron chi connectivity index (χ4n) is 3.14. The Morgan fingerprint density at radius 1 is 1.23 bits per heavy atom. The topological polar surface area (TPSA) is 88.8 Å². The lowest BCUT2D eigenvalue weighted by molar-refractivity contribution is -0.384. The van der Waals surface area contributed by atoms with Gasteiger partial charge in [0, 0.05) is 43.7 Å². The molecule has 2 heterocycles. The summed E-state index contributed by atoms with van der Waals surface area (Å²) in [4.78, 5) is 31.1. The lowest BCUT2D eigenvalue weighted by Crippen LogP contribution is -2.35. The number of carbonyl (C=O) groups excluding carboxylic acids is 1. The molecule has 0 aliphatic carbocycles. The molecule has 3 rings (SSSR count). The molecule has 1 aromatic heterocycles. The van der Waals surface area contributed by atoms with Crippen LogP contribution in [0.15, 0.2) is 30.3 Å². The van der Waals surface area contributed by atoms with Crippen molar-refractivity contribution in [2.45, 2.75) is 13.3 Å². The number of hydrogen-bond acceptors (Lipinski definition) is 7. The Hall–Kier alpha value is -2.74. The molecule has 0 radical (unpaired) electrons. The van der Waals surface area contributed by atoms with Crippen LogP contribution < -0.4 is 4.90 Å². The van der Waals surface area contributed by atoms with Crippen LogP contribution in [0.2, 0.25) is 0 Å². The summed E-state index contributed by atoms with van der Waals surface area (Å²) in [5.41, 5.74) is 0.803. The molecule has 0 atom stereocenters. The zero-order chi connectivity index (χ0) is 18.5. The molecule has 2 aromatic rings. The highest BCUT2D eigenvalue weighted by molar-refractivity contribution is 5.82. The van der Waals surface area contributed by atoms with E-state index in [1.54, 1.807) is 6.07 Å². The number of ether oxygens (including phenoxy) is 1. The van der Waals surface area contributed by atoms with Gasteiger partial charge in [0.2, 0.25) is 0 Å². The zero-order valence-corrected chi connectivity index (χ0v) is 14.8. The largest absolute Gasteiger partial charge is 0.465 e. The SMILES string of the molecule is CCOC(=O)CN1CCCN(c2ccc3cc([N+](=O)[O-])ccc3n2)CC1. The number of nitrogens with zero attached hydrogens (tertiary/aromatic N) is 4. The van der Waals surface area contributed by atoms with Gasteiger partial charge in [-0.3, -0.25) is 19.8 Å². The number of benzene rings is 1. The van der Waals surface area contributed by atoms with Gasteiger partial charge in [-0.2, -0.15) is 0 Å². The summed E-state index contributed by atoms with van der Waals surface area (Å²) < 4.78 is 5.02. The number of anilines is 1. The first-order valence-electron chi connectivity index (χ1n) is 8.75. The maximum Gasteiger partial charge on any atom is 0.320 e. The van der Waals surface area contributed by atoms with Crippen LogP contribution in [0.25, 0.3) is 10.9 Å². The molecule has 138 valence electrons. The number of pyridine rings is 1. The minimum absolute atomic E-state index is 0.0661. The Balaban J connectivity index is 1.70. The van der Waals surface area contributed by atoms with Crippen molar-refractivity contribution in [2.24, 2.45) is 0 Å². The summed E-state index contributed by atoms with van der Waals surface area (Å²) in [5.74, 6) is 0.663. The normalized spacial score (nSPS) is 15.7. The lowest BCUT2D eigenvalue weighted by Gasteiger charge is -2.22. The Kier molecular flexibility index (Phi) is 5.62. The predicted molar refractivity (Wildman–Crippen MR) is 98.3 cm³/mol. The molecular weight excluding hydrogens is 336 g/mol. The fraction of sp³-hybridized carbons (Fsp3) is 0.444. The number of fused-ring (bicyclic) bond motifs is 1. The van der Waals surface area contributed by atoms with Crippen molar-refractivity contribution in [3.8, 4) is 0 Å². The van der Waals surface area contributed by atoms with E-state index in [9.17, 15) is 14.9 Å². The average molecular weight is 358 g/mol. The minimum Gasteiger partial charge on any atom is -0.465 e. The Labute approximate surface area is 151 Å². The van der Waals surface area contributed by atoms with Gasteiger partial charge >= 0.3 is 5.97 Å². The van der Waals surface area contributed by atoms with Crippen LogP contribution in [0.1, 0.15) is 13.3 Å². The van der Waals surface area contributed by atoms with E-state index in [4.69, 9.17) is 4.74 Å². The Morgan fingerprint density at radius 3 is 2.85 bits per heavy atom. The van der Waals surface area contributed by atoms with E-state index in [-0.39, 0.29) is 11.7 Å². The first-order chi connectivity index (χ1) is 12.6. The van der Waals surface area contributed by atoms with Gasteiger partial charge in [0.15, 0.2) is 0 Å². The minimum atomic E-state index is -0.402. The average Bonchev–Trinajstić information content (AvgIpc) is 2.86. The van der Waals surface area contributed by atoms with Crippen molar-refractivity contribution in [3.63, 3.8) is 0 Å². The van der Waals surface area contributed by atoms with E-state index >= 15 is 0 Å². The molecule has 1 aliphatic heterocycles. The van der Waals surface area contributed by atoms with Crippen molar-refractivity contribution >= 4 is 28.4 Å². The zero-order valence-electron chi connectivity index (χ0n) is 14.8. The van der Waals surface area contributed by atoms with Gasteiger partial charge in [0.1, 0.15) is 5.82 Å². The van der Waals surface area contributed by atoms with Gasteiger partial charge in [-0.15, -0.1) is 0 Å². The van der Waals surface area contributed by atoms with E-state index < -0.39 is 4.92 Å². The molecule has 1 saturated heterocycles. The summed E-state index contributed by atoms with van der Waals surface area (Å²) >= 11 is 0. The highest BCUT2D eigenvalue weighted by Gasteiger charge is 2.19. The predicted octanol–water partition coefficient (Wildman–Crippen LogP) is 2.22. The number of esters is 1. The number of non-ortho nitro benzene ring substituents is 1. The quantitative estimate of drug-likeness (QED) is 0.460. The number of carbonyl (C=O) groups is 1. The molecule has 8 heteroatoms. The van der Waals surface area contributed by atoms with Crippen molar-refractivity contribution in [1.29, 1.82) is 0 Å². The molecule has 1 aliphatic rings. The molecule has 0 unspecified atom stereocenters. The highest BCUT2D eigenvalue weighted by atomic mass is 16.6. The van der Waals surface area contributed by atoms with Gasteiger partial charge in [-0.1, -0.05) is 0 Å². The molecule has 0 amide bonds. The molecular formula is C18H22N4O4. The van der Waals surface area contributed by atoms with Crippen molar-refractivity contribution in [3.05, 3.63) is 40.4 Å². The first-order valence-corrected chi connectivity index (χ1v) is 8.75. The molecule has 0 spiro atoms. The van der Waals surface area contributed by atoms with Crippen LogP contribution in [0.5, 0.6) is 0 Å². The second-order valence-corrected chi connectivity index (χ2v) is 6.23. The number of aromatic nitrogens is 1. The summed E-state index contributed by atoms with van der Waals surface area (Å²) in [6.07, 6.45) is 0.930. The van der Waals surface area contributed by atoms with E-state index in [0.29, 0.717) is 13.2 Å². The summed E-state index contributed by atoms with van der Waals surface area (Å²) in [5, 5.41) is 11.6. The van der Waals surface area contributed by atoms with Crippen molar-refractivity contribution in [2.75, 3.05) is 44.2 Å². The van der Waals surface area contributed by atoms with Gasteiger partial charge in [-0.05, 0) is 31.5 Å². The van der Waals surface area contributed by atoms with Crippen molar-refractivity contribution < 1.29 is 14.5 Å². The summed E-state index contributed by atoms with van der Waals surface area (Å²) in [7, 11) is 0. The molecule has 1 aromatic carbocycles. The van der Waals surface area contributed by atoms with Crippen molar-refractivity contribution in [1.82, 2.24) is 9.88 Å². The molecule has 26 heavy (non-hydrogen) atoms. The van der Waals surface area contributed by atoms with Crippen LogP contribution in [0.4, 0.5) is 11.5 Å². The van der Waals surface area contributed by atoms with Gasteiger partial charge < -0.3 is 9.64 Å². The highest BCUT2D eigenvalue weighted by Crippen LogP contribution is 2.23. The second-order valence-electron chi connectivity index (χ2n) is 6.23. The smallest absolute Gasteiger partial charge is 0.320 e. The number of hydrogen-bond donors (Lipinski definition) is 0. The van der Waals surface area contributed by atoms with Crippen LogP contribution in [-0.2, 0) is 9.53 Å². The fourth-order valence-corrected chi connectivity index (χ4v) is 3.14. The van der Waals surface area contributed by atoms with Crippen LogP contribution in [0, 0.1) is 10.1 Å². The standard InChI is InChI=1S/C18H22N4O4/c1-2-26-18(23)13-20-8-3-9-21(11-10-20)17-7-4-14-12-15(22(24)25)5-6-16(14)19-17/h4-7,12H,2-3,8-11,13H2,1H3. The lowest BCUT2D eigenvalue weighted by atomic mass is 10.2. The van der Waals surface area contributed by atoms with E-state index in [0.717, 1.165) is 49.3 Å². The third-order valence-corrected chi connectivity index (χ3v) is 4.44. The third kappa shape index (κ3) is 4.26. The summed E-state index contributed by atoms with van der Waals surface area (Å²) in [6.45, 7) is 5.75. The van der Waals surface area contributed by atoms with Gasteiger partial charge in [0.25, 0.3) is 5.69 Å². The van der Waals surface area contributed by atoms with Crippen LogP contribution in [0.3, 0.4) is 0 Å². The molecule has 0 bridgehead atoms. The van der Waals surface area contributed by atoms with E-state index in [2.05, 4.69) is 14.8 Å².